The van der Waals surface area contributed by atoms with Gasteiger partial charge >= 0.3 is 0 Å². The van der Waals surface area contributed by atoms with Gasteiger partial charge in [0.15, 0.2) is 0 Å². The third-order valence-electron chi connectivity index (χ3n) is 2.58. The van der Waals surface area contributed by atoms with Gasteiger partial charge in [0.1, 0.15) is 12.4 Å². The molecular weight excluding hydrogens is 238 g/mol. The molecule has 0 aliphatic heterocycles. The summed E-state index contributed by atoms with van der Waals surface area (Å²) in [5.41, 5.74) is 6.54. The second kappa shape index (κ2) is 5.05. The van der Waals surface area contributed by atoms with Crippen LogP contribution in [0.3, 0.4) is 0 Å². The Morgan fingerprint density at radius 3 is 2.12 bits per heavy atom. The van der Waals surface area contributed by atoms with Gasteiger partial charge < -0.3 is 10.5 Å². The predicted molar refractivity (Wildman–Crippen MR) is 64.8 cm³/mol. The van der Waals surface area contributed by atoms with Crippen molar-refractivity contribution in [3.05, 3.63) is 29.3 Å². The molecule has 2 N–H and O–H groups in total. The predicted octanol–water partition coefficient (Wildman–Crippen LogP) is 1.72. The van der Waals surface area contributed by atoms with Gasteiger partial charge in [-0.1, -0.05) is 0 Å². The zero-order valence-corrected chi connectivity index (χ0v) is 9.96. The largest absolute Gasteiger partial charge is 0.492 e. The van der Waals surface area contributed by atoms with Crippen molar-refractivity contribution in [2.75, 3.05) is 6.61 Å². The molecule has 0 heterocycles. The minimum Gasteiger partial charge on any atom is -0.492 e. The van der Waals surface area contributed by atoms with Crippen LogP contribution >= 0.6 is 12.4 Å². The number of nitriles is 2. The summed E-state index contributed by atoms with van der Waals surface area (Å²) in [6.07, 6.45) is 1.94. The van der Waals surface area contributed by atoms with Crippen LogP contribution in [-0.4, -0.2) is 12.1 Å². The Morgan fingerprint density at radius 2 is 1.71 bits per heavy atom. The number of ether oxygens (including phenoxy) is 1. The van der Waals surface area contributed by atoms with Crippen LogP contribution in [0.5, 0.6) is 5.75 Å². The van der Waals surface area contributed by atoms with Crippen LogP contribution in [0.15, 0.2) is 18.2 Å². The molecule has 1 fully saturated rings. The van der Waals surface area contributed by atoms with E-state index in [0.29, 0.717) is 23.5 Å². The second-order valence-electron chi connectivity index (χ2n) is 4.12. The Morgan fingerprint density at radius 1 is 1.18 bits per heavy atom. The topological polar surface area (TPSA) is 82.8 Å². The molecule has 0 atom stereocenters. The summed E-state index contributed by atoms with van der Waals surface area (Å²) in [7, 11) is 0. The summed E-state index contributed by atoms with van der Waals surface area (Å²) in [6.45, 7) is 0.437. The minimum atomic E-state index is -0.199. The normalized spacial score (nSPS) is 15.0. The number of nitrogens with two attached hydrogens (primary N) is 1. The first-order valence-electron chi connectivity index (χ1n) is 5.02. The lowest BCUT2D eigenvalue weighted by Crippen LogP contribution is -2.29. The Kier molecular flexibility index (Phi) is 3.96. The summed E-state index contributed by atoms with van der Waals surface area (Å²) < 4.78 is 5.49. The lowest BCUT2D eigenvalue weighted by Gasteiger charge is -2.11. The molecule has 0 spiro atoms. The Bertz CT molecular complexity index is 465. The van der Waals surface area contributed by atoms with E-state index in [2.05, 4.69) is 0 Å². The van der Waals surface area contributed by atoms with E-state index in [0.717, 1.165) is 12.8 Å². The van der Waals surface area contributed by atoms with E-state index in [9.17, 15) is 0 Å². The van der Waals surface area contributed by atoms with Crippen molar-refractivity contribution in [3.63, 3.8) is 0 Å². The van der Waals surface area contributed by atoms with Gasteiger partial charge in [0.05, 0.1) is 28.8 Å². The molecule has 0 unspecified atom stereocenters. The van der Waals surface area contributed by atoms with Gasteiger partial charge in [0, 0.05) is 0 Å². The van der Waals surface area contributed by atoms with Gasteiger partial charge in [-0.3, -0.25) is 0 Å². The molecule has 1 saturated carbocycles. The first-order valence-corrected chi connectivity index (χ1v) is 5.02. The van der Waals surface area contributed by atoms with Crippen LogP contribution in [0.2, 0.25) is 0 Å². The number of nitrogens with zero attached hydrogens (tertiary/aromatic N) is 2. The highest BCUT2D eigenvalue weighted by Gasteiger charge is 2.39. The van der Waals surface area contributed by atoms with Gasteiger partial charge in [-0.05, 0) is 31.0 Å². The van der Waals surface area contributed by atoms with Gasteiger partial charge in [-0.25, -0.2) is 0 Å². The maximum absolute atomic E-state index is 8.78. The van der Waals surface area contributed by atoms with E-state index >= 15 is 0 Å². The molecule has 88 valence electrons. The van der Waals surface area contributed by atoms with Crippen molar-refractivity contribution < 1.29 is 4.74 Å². The highest BCUT2D eigenvalue weighted by Crippen LogP contribution is 2.32. The van der Waals surface area contributed by atoms with Crippen molar-refractivity contribution in [2.45, 2.75) is 18.4 Å². The maximum atomic E-state index is 8.78. The third-order valence-corrected chi connectivity index (χ3v) is 2.58. The first kappa shape index (κ1) is 13.3. The van der Waals surface area contributed by atoms with Crippen LogP contribution in [0.25, 0.3) is 0 Å². The van der Waals surface area contributed by atoms with E-state index in [1.54, 1.807) is 12.1 Å². The summed E-state index contributed by atoms with van der Waals surface area (Å²) in [5.74, 6) is 0.535. The second-order valence-corrected chi connectivity index (χ2v) is 4.12. The summed E-state index contributed by atoms with van der Waals surface area (Å²) in [4.78, 5) is 0. The molecule has 2 rings (SSSR count). The van der Waals surface area contributed by atoms with Crippen LogP contribution in [0.1, 0.15) is 24.0 Å². The van der Waals surface area contributed by atoms with Crippen molar-refractivity contribution in [1.29, 1.82) is 10.5 Å². The van der Waals surface area contributed by atoms with Crippen molar-refractivity contribution in [3.8, 4) is 17.9 Å². The monoisotopic (exact) mass is 249 g/mol. The molecule has 0 saturated heterocycles. The lowest BCUT2D eigenvalue weighted by atomic mass is 10.1. The zero-order chi connectivity index (χ0) is 11.6. The van der Waals surface area contributed by atoms with E-state index in [1.807, 2.05) is 12.1 Å². The number of halogens is 1. The molecule has 1 aliphatic rings. The van der Waals surface area contributed by atoms with Crippen LogP contribution in [0.4, 0.5) is 0 Å². The van der Waals surface area contributed by atoms with Crippen LogP contribution < -0.4 is 10.5 Å². The molecule has 0 aromatic heterocycles. The fourth-order valence-electron chi connectivity index (χ4n) is 1.34. The summed E-state index contributed by atoms with van der Waals surface area (Å²) in [5, 5.41) is 17.6. The van der Waals surface area contributed by atoms with E-state index < -0.39 is 0 Å². The van der Waals surface area contributed by atoms with E-state index in [1.165, 1.54) is 6.07 Å². The quantitative estimate of drug-likeness (QED) is 0.884. The fraction of sp³-hybridized carbons (Fsp3) is 0.333. The molecule has 1 aliphatic carbocycles. The molecular formula is C12H12ClN3O. The number of rotatable bonds is 3. The summed E-state index contributed by atoms with van der Waals surface area (Å²) in [6, 6.07) is 8.75. The number of hydrogen-bond donors (Lipinski definition) is 1. The Labute approximate surface area is 106 Å². The SMILES string of the molecule is Cl.N#Cc1cc(C#N)cc(OCC2(N)CC2)c1. The number of benzene rings is 1. The van der Waals surface area contributed by atoms with Crippen LogP contribution in [0, 0.1) is 22.7 Å². The smallest absolute Gasteiger partial charge is 0.122 e. The third kappa shape index (κ3) is 3.35. The van der Waals surface area contributed by atoms with E-state index in [-0.39, 0.29) is 17.9 Å². The highest BCUT2D eigenvalue weighted by atomic mass is 35.5. The molecule has 1 aromatic carbocycles. The molecule has 0 bridgehead atoms. The number of hydrogen-bond acceptors (Lipinski definition) is 4. The van der Waals surface area contributed by atoms with Gasteiger partial charge in [-0.2, -0.15) is 10.5 Å². The van der Waals surface area contributed by atoms with Crippen molar-refractivity contribution >= 4 is 12.4 Å². The van der Waals surface area contributed by atoms with Crippen LogP contribution in [-0.2, 0) is 0 Å². The lowest BCUT2D eigenvalue weighted by molar-refractivity contribution is 0.279. The molecule has 5 heteroatoms. The molecule has 0 radical (unpaired) electrons. The molecule has 1 aromatic rings. The minimum absolute atomic E-state index is 0. The molecule has 0 amide bonds. The molecule has 17 heavy (non-hydrogen) atoms. The zero-order valence-electron chi connectivity index (χ0n) is 9.14. The van der Waals surface area contributed by atoms with Gasteiger partial charge in [0.2, 0.25) is 0 Å². The van der Waals surface area contributed by atoms with E-state index in [4.69, 9.17) is 21.0 Å². The fourth-order valence-corrected chi connectivity index (χ4v) is 1.34. The van der Waals surface area contributed by atoms with Gasteiger partial charge in [-0.15, -0.1) is 12.4 Å². The average Bonchev–Trinajstić information content (AvgIpc) is 3.05. The maximum Gasteiger partial charge on any atom is 0.122 e. The Balaban J connectivity index is 0.00000144. The highest BCUT2D eigenvalue weighted by molar-refractivity contribution is 5.85. The first-order chi connectivity index (χ1) is 7.65. The Hall–Kier alpha value is -1.75. The van der Waals surface area contributed by atoms with Gasteiger partial charge in [0.25, 0.3) is 0 Å². The van der Waals surface area contributed by atoms with Crippen molar-refractivity contribution in [1.82, 2.24) is 0 Å². The standard InChI is InChI=1S/C12H11N3O.ClH/c13-6-9-3-10(7-14)5-11(4-9)16-8-12(15)1-2-12;/h3-5H,1-2,8,15H2;1H. The summed E-state index contributed by atoms with van der Waals surface area (Å²) >= 11 is 0. The van der Waals surface area contributed by atoms with Crippen molar-refractivity contribution in [2.24, 2.45) is 5.73 Å². The molecule has 4 nitrogen and oxygen atoms in total. The average molecular weight is 250 g/mol.